The maximum atomic E-state index is 13.1. The number of amides is 4. The Bertz CT molecular complexity index is 906. The van der Waals surface area contributed by atoms with Crippen molar-refractivity contribution >= 4 is 29.6 Å². The highest BCUT2D eigenvalue weighted by molar-refractivity contribution is 5.96. The van der Waals surface area contributed by atoms with Crippen molar-refractivity contribution in [2.45, 2.75) is 69.1 Å². The molecule has 0 aromatic heterocycles. The molecule has 4 unspecified atom stereocenters. The Labute approximate surface area is 209 Å². The average Bonchev–Trinajstić information content (AvgIpc) is 3.38. The number of nitrogens with one attached hydrogen (secondary N) is 4. The number of carbonyl (C=O) groups excluding carboxylic acids is 4. The normalized spacial score (nSPS) is 17.4. The van der Waals surface area contributed by atoms with Gasteiger partial charge in [-0.25, -0.2) is 4.79 Å². The van der Waals surface area contributed by atoms with E-state index in [2.05, 4.69) is 21.3 Å². The minimum Gasteiger partial charge on any atom is -0.480 e. The lowest BCUT2D eigenvalue weighted by Crippen LogP contribution is -2.57. The van der Waals surface area contributed by atoms with Gasteiger partial charge < -0.3 is 37.8 Å². The highest BCUT2D eigenvalue weighted by atomic mass is 16.4. The van der Waals surface area contributed by atoms with Crippen LogP contribution in [0.2, 0.25) is 0 Å². The zero-order valence-electron chi connectivity index (χ0n) is 20.2. The van der Waals surface area contributed by atoms with Crippen LogP contribution in [0.4, 0.5) is 0 Å². The zero-order chi connectivity index (χ0) is 26.5. The van der Waals surface area contributed by atoms with Gasteiger partial charge in [-0.05, 0) is 50.8 Å². The summed E-state index contributed by atoms with van der Waals surface area (Å²) in [6.07, 6.45) is 2.42. The van der Waals surface area contributed by atoms with Crippen LogP contribution in [0.3, 0.4) is 0 Å². The number of nitrogens with two attached hydrogens (primary N) is 2. The van der Waals surface area contributed by atoms with E-state index in [1.54, 1.807) is 30.3 Å². The number of unbranched alkanes of at least 4 members (excludes halogenated alkanes) is 1. The van der Waals surface area contributed by atoms with Gasteiger partial charge >= 0.3 is 5.97 Å². The van der Waals surface area contributed by atoms with Crippen molar-refractivity contribution in [3.63, 3.8) is 0 Å². The van der Waals surface area contributed by atoms with E-state index in [-0.39, 0.29) is 18.7 Å². The van der Waals surface area contributed by atoms with Crippen molar-refractivity contribution in [1.82, 2.24) is 21.3 Å². The summed E-state index contributed by atoms with van der Waals surface area (Å²) in [5, 5.41) is 20.2. The Morgan fingerprint density at radius 2 is 1.64 bits per heavy atom. The van der Waals surface area contributed by atoms with Crippen LogP contribution >= 0.6 is 0 Å². The van der Waals surface area contributed by atoms with Crippen LogP contribution in [0.5, 0.6) is 0 Å². The van der Waals surface area contributed by atoms with Gasteiger partial charge in [-0.1, -0.05) is 30.3 Å². The Kier molecular flexibility index (Phi) is 11.8. The molecule has 1 aliphatic rings. The molecule has 1 fully saturated rings. The molecule has 1 aromatic carbocycles. The largest absolute Gasteiger partial charge is 0.480 e. The predicted octanol–water partition coefficient (Wildman–Crippen LogP) is -1.48. The molecule has 12 heteroatoms. The summed E-state index contributed by atoms with van der Waals surface area (Å²) >= 11 is 0. The first-order valence-electron chi connectivity index (χ1n) is 12.1. The van der Waals surface area contributed by atoms with Crippen LogP contribution < -0.4 is 32.7 Å². The lowest BCUT2D eigenvalue weighted by atomic mass is 10.0. The zero-order valence-corrected chi connectivity index (χ0v) is 20.2. The summed E-state index contributed by atoms with van der Waals surface area (Å²) in [4.78, 5) is 62.0. The molecule has 12 nitrogen and oxygen atoms in total. The van der Waals surface area contributed by atoms with Crippen molar-refractivity contribution in [3.8, 4) is 0 Å². The molecule has 0 radical (unpaired) electrons. The van der Waals surface area contributed by atoms with Gasteiger partial charge in [0.1, 0.15) is 18.1 Å². The minimum absolute atomic E-state index is 0.00527. The molecular weight excluding hydrogens is 468 g/mol. The van der Waals surface area contributed by atoms with Gasteiger partial charge in [0.05, 0.1) is 12.5 Å². The molecule has 0 aliphatic carbocycles. The Hall–Kier alpha value is -3.51. The fourth-order valence-corrected chi connectivity index (χ4v) is 3.95. The molecule has 36 heavy (non-hydrogen) atoms. The van der Waals surface area contributed by atoms with E-state index in [1.165, 1.54) is 0 Å². The van der Waals surface area contributed by atoms with Crippen LogP contribution in [0.1, 0.15) is 44.1 Å². The quantitative estimate of drug-likeness (QED) is 0.140. The summed E-state index contributed by atoms with van der Waals surface area (Å²) in [7, 11) is 0. The van der Waals surface area contributed by atoms with Crippen molar-refractivity contribution in [2.24, 2.45) is 11.5 Å². The van der Waals surface area contributed by atoms with E-state index < -0.39 is 54.3 Å². The number of hydrogen-bond donors (Lipinski definition) is 7. The SMILES string of the molecule is NCCCCC(NC(=O)C1CCCN1)C(=O)NC(CC(N)=O)C(=O)NC(Cc1ccccc1)C(=O)O. The van der Waals surface area contributed by atoms with Crippen molar-refractivity contribution in [3.05, 3.63) is 35.9 Å². The maximum absolute atomic E-state index is 13.1. The van der Waals surface area contributed by atoms with Gasteiger partial charge in [0.15, 0.2) is 0 Å². The monoisotopic (exact) mass is 504 g/mol. The first-order chi connectivity index (χ1) is 17.2. The third kappa shape index (κ3) is 9.62. The predicted molar refractivity (Wildman–Crippen MR) is 131 cm³/mol. The van der Waals surface area contributed by atoms with E-state index in [4.69, 9.17) is 11.5 Å². The summed E-state index contributed by atoms with van der Waals surface area (Å²) in [6.45, 7) is 1.12. The molecular formula is C24H36N6O6. The number of carboxylic acids is 1. The number of carboxylic acid groups (broad SMARTS) is 1. The second kappa shape index (κ2) is 14.8. The Morgan fingerprint density at radius 3 is 2.22 bits per heavy atom. The third-order valence-corrected chi connectivity index (χ3v) is 5.89. The van der Waals surface area contributed by atoms with Gasteiger partial charge in [0, 0.05) is 6.42 Å². The van der Waals surface area contributed by atoms with Crippen LogP contribution in [-0.2, 0) is 30.4 Å². The summed E-state index contributed by atoms with van der Waals surface area (Å²) in [5.74, 6) is -3.99. The summed E-state index contributed by atoms with van der Waals surface area (Å²) < 4.78 is 0. The van der Waals surface area contributed by atoms with Crippen LogP contribution in [-0.4, -0.2) is 72.0 Å². The number of hydrogen-bond acceptors (Lipinski definition) is 7. The molecule has 4 atom stereocenters. The first kappa shape index (κ1) is 28.7. The lowest BCUT2D eigenvalue weighted by molar-refractivity contribution is -0.142. The molecule has 1 heterocycles. The molecule has 0 saturated carbocycles. The topological polar surface area (TPSA) is 206 Å². The second-order valence-corrected chi connectivity index (χ2v) is 8.82. The molecule has 0 spiro atoms. The summed E-state index contributed by atoms with van der Waals surface area (Å²) in [6, 6.07) is 4.63. The number of carbonyl (C=O) groups is 5. The number of aliphatic carboxylic acids is 1. The van der Waals surface area contributed by atoms with E-state index in [0.29, 0.717) is 37.9 Å². The van der Waals surface area contributed by atoms with Gasteiger partial charge in [-0.3, -0.25) is 19.2 Å². The van der Waals surface area contributed by atoms with E-state index in [1.807, 2.05) is 0 Å². The minimum atomic E-state index is -1.41. The second-order valence-electron chi connectivity index (χ2n) is 8.82. The maximum Gasteiger partial charge on any atom is 0.326 e. The summed E-state index contributed by atoms with van der Waals surface area (Å²) in [5.41, 5.74) is 11.5. The van der Waals surface area contributed by atoms with E-state index in [0.717, 1.165) is 6.42 Å². The van der Waals surface area contributed by atoms with E-state index >= 15 is 0 Å². The molecule has 1 saturated heterocycles. The number of rotatable bonds is 15. The molecule has 1 aromatic rings. The first-order valence-corrected chi connectivity index (χ1v) is 12.1. The molecule has 9 N–H and O–H groups in total. The molecule has 4 amide bonds. The average molecular weight is 505 g/mol. The van der Waals surface area contributed by atoms with Crippen molar-refractivity contribution < 1.29 is 29.1 Å². The van der Waals surface area contributed by atoms with Crippen molar-refractivity contribution in [2.75, 3.05) is 13.1 Å². The van der Waals surface area contributed by atoms with Crippen LogP contribution in [0.25, 0.3) is 0 Å². The van der Waals surface area contributed by atoms with Crippen LogP contribution in [0, 0.1) is 0 Å². The molecule has 1 aliphatic heterocycles. The van der Waals surface area contributed by atoms with Gasteiger partial charge in [0.25, 0.3) is 0 Å². The molecule has 198 valence electrons. The van der Waals surface area contributed by atoms with Gasteiger partial charge in [0.2, 0.25) is 23.6 Å². The molecule has 0 bridgehead atoms. The van der Waals surface area contributed by atoms with Crippen LogP contribution in [0.15, 0.2) is 30.3 Å². The number of benzene rings is 1. The van der Waals surface area contributed by atoms with Crippen molar-refractivity contribution in [1.29, 1.82) is 0 Å². The Balaban J connectivity index is 2.10. The number of primary amides is 1. The lowest BCUT2D eigenvalue weighted by Gasteiger charge is -2.25. The van der Waals surface area contributed by atoms with Gasteiger partial charge in [-0.15, -0.1) is 0 Å². The highest BCUT2D eigenvalue weighted by Crippen LogP contribution is 2.09. The van der Waals surface area contributed by atoms with E-state index in [9.17, 15) is 29.1 Å². The standard InChI is InChI=1S/C24H36N6O6/c25-11-5-4-9-17(28-21(32)16-10-6-12-27-16)22(33)29-18(14-20(26)31)23(34)30-19(24(35)36)13-15-7-2-1-3-8-15/h1-3,7-8,16-19,27H,4-6,9-14,25H2,(H2,26,31)(H,28,32)(H,29,33)(H,30,34)(H,35,36). The third-order valence-electron chi connectivity index (χ3n) is 5.89. The fraction of sp³-hybridized carbons (Fsp3) is 0.542. The Morgan fingerprint density at radius 1 is 0.972 bits per heavy atom. The highest BCUT2D eigenvalue weighted by Gasteiger charge is 2.32. The smallest absolute Gasteiger partial charge is 0.326 e. The van der Waals surface area contributed by atoms with Gasteiger partial charge in [-0.2, -0.15) is 0 Å². The fourth-order valence-electron chi connectivity index (χ4n) is 3.95. The molecule has 2 rings (SSSR count).